The predicted octanol–water partition coefficient (Wildman–Crippen LogP) is -0.251. The second kappa shape index (κ2) is 3.30. The lowest BCUT2D eigenvalue weighted by atomic mass is 10.1. The fourth-order valence-corrected chi connectivity index (χ4v) is 1.08. The molecule has 0 unspecified atom stereocenters. The molecule has 0 aromatic carbocycles. The van der Waals surface area contributed by atoms with Gasteiger partial charge in [0.05, 0.1) is 0 Å². The van der Waals surface area contributed by atoms with Crippen LogP contribution in [0.5, 0.6) is 5.88 Å². The highest BCUT2D eigenvalue weighted by atomic mass is 16.3. The third-order valence-electron chi connectivity index (χ3n) is 1.67. The van der Waals surface area contributed by atoms with Crippen molar-refractivity contribution in [1.29, 1.82) is 0 Å². The summed E-state index contributed by atoms with van der Waals surface area (Å²) in [6, 6.07) is 1.25. The Labute approximate surface area is 74.4 Å². The Hall–Kier alpha value is -1.78. The minimum Gasteiger partial charge on any atom is -0.494 e. The number of amides is 1. The van der Waals surface area contributed by atoms with E-state index in [1.807, 2.05) is 0 Å². The summed E-state index contributed by atoms with van der Waals surface area (Å²) >= 11 is 0. The van der Waals surface area contributed by atoms with Crippen molar-refractivity contribution in [3.8, 4) is 5.88 Å². The van der Waals surface area contributed by atoms with E-state index in [0.717, 1.165) is 0 Å². The first kappa shape index (κ1) is 9.31. The first-order valence-electron chi connectivity index (χ1n) is 3.71. The van der Waals surface area contributed by atoms with Gasteiger partial charge < -0.3 is 10.4 Å². The third-order valence-corrected chi connectivity index (χ3v) is 1.67. The second-order valence-electron chi connectivity index (χ2n) is 2.62. The van der Waals surface area contributed by atoms with E-state index in [-0.39, 0.29) is 5.56 Å². The molecule has 0 saturated carbocycles. The van der Waals surface area contributed by atoms with Crippen molar-refractivity contribution in [3.63, 3.8) is 0 Å². The zero-order chi connectivity index (χ0) is 10.0. The molecule has 0 aliphatic rings. The molecule has 3 N–H and O–H groups in total. The smallest absolute Gasteiger partial charge is 0.256 e. The summed E-state index contributed by atoms with van der Waals surface area (Å²) in [7, 11) is 1.45. The second-order valence-corrected chi connectivity index (χ2v) is 2.62. The number of hydrogen-bond donors (Lipinski definition) is 3. The number of nitrogens with one attached hydrogen (secondary N) is 2. The van der Waals surface area contributed by atoms with Gasteiger partial charge in [-0.15, -0.1) is 0 Å². The van der Waals surface area contributed by atoms with Crippen molar-refractivity contribution in [2.45, 2.75) is 6.92 Å². The highest BCUT2D eigenvalue weighted by molar-refractivity contribution is 5.97. The zero-order valence-corrected chi connectivity index (χ0v) is 7.34. The van der Waals surface area contributed by atoms with Crippen molar-refractivity contribution in [1.82, 2.24) is 10.3 Å². The largest absolute Gasteiger partial charge is 0.494 e. The van der Waals surface area contributed by atoms with E-state index in [4.69, 9.17) is 0 Å². The van der Waals surface area contributed by atoms with Gasteiger partial charge in [-0.25, -0.2) is 0 Å². The van der Waals surface area contributed by atoms with E-state index >= 15 is 0 Å². The Bertz CT molecular complexity index is 369. The molecule has 5 nitrogen and oxygen atoms in total. The van der Waals surface area contributed by atoms with Crippen LogP contribution in [0, 0.1) is 6.92 Å². The molecule has 0 aliphatic carbocycles. The molecule has 5 heteroatoms. The van der Waals surface area contributed by atoms with Crippen LogP contribution in [-0.2, 0) is 0 Å². The van der Waals surface area contributed by atoms with Crippen LogP contribution < -0.4 is 10.9 Å². The summed E-state index contributed by atoms with van der Waals surface area (Å²) in [4.78, 5) is 24.1. The maximum absolute atomic E-state index is 11.2. The number of aromatic amines is 1. The van der Waals surface area contributed by atoms with Crippen molar-refractivity contribution >= 4 is 5.91 Å². The molecule has 1 aromatic heterocycles. The number of hydrogen-bond acceptors (Lipinski definition) is 3. The van der Waals surface area contributed by atoms with Crippen molar-refractivity contribution in [3.05, 3.63) is 27.5 Å². The van der Waals surface area contributed by atoms with Gasteiger partial charge >= 0.3 is 0 Å². The molecule has 0 aliphatic heterocycles. The van der Waals surface area contributed by atoms with Gasteiger partial charge in [-0.05, 0) is 12.5 Å². The van der Waals surface area contributed by atoms with E-state index in [2.05, 4.69) is 10.3 Å². The molecule has 1 aromatic rings. The van der Waals surface area contributed by atoms with Crippen molar-refractivity contribution in [2.75, 3.05) is 7.05 Å². The molecule has 0 radical (unpaired) electrons. The average molecular weight is 182 g/mol. The number of aryl methyl sites for hydroxylation is 1. The van der Waals surface area contributed by atoms with Gasteiger partial charge in [0.25, 0.3) is 11.5 Å². The van der Waals surface area contributed by atoms with Crippen molar-refractivity contribution < 1.29 is 9.90 Å². The summed E-state index contributed by atoms with van der Waals surface area (Å²) in [6.07, 6.45) is 0. The highest BCUT2D eigenvalue weighted by Gasteiger charge is 2.13. The van der Waals surface area contributed by atoms with Gasteiger partial charge in [-0.2, -0.15) is 0 Å². The number of pyridine rings is 1. The standard InChI is InChI=1S/C8H10N2O3/c1-4-3-5(11)10-8(13)6(4)7(12)9-2/h3H,1-2H3,(H,9,12)(H2,10,11,13). The van der Waals surface area contributed by atoms with Crippen LogP contribution >= 0.6 is 0 Å². The van der Waals surface area contributed by atoms with Gasteiger partial charge in [-0.3, -0.25) is 14.6 Å². The molecule has 0 fully saturated rings. The monoisotopic (exact) mass is 182 g/mol. The lowest BCUT2D eigenvalue weighted by Gasteiger charge is -2.04. The molecule has 13 heavy (non-hydrogen) atoms. The van der Waals surface area contributed by atoms with Gasteiger partial charge in [0, 0.05) is 13.1 Å². The summed E-state index contributed by atoms with van der Waals surface area (Å²) in [5, 5.41) is 11.6. The summed E-state index contributed by atoms with van der Waals surface area (Å²) in [5.41, 5.74) is 0.116. The number of rotatable bonds is 1. The Balaban J connectivity index is 3.37. The van der Waals surface area contributed by atoms with Crippen molar-refractivity contribution in [2.24, 2.45) is 0 Å². The van der Waals surface area contributed by atoms with Crippen LogP contribution in [0.3, 0.4) is 0 Å². The van der Waals surface area contributed by atoms with E-state index in [1.165, 1.54) is 13.1 Å². The zero-order valence-electron chi connectivity index (χ0n) is 7.34. The molecule has 70 valence electrons. The molecule has 1 rings (SSSR count). The lowest BCUT2D eigenvalue weighted by molar-refractivity contribution is 0.0959. The summed E-state index contributed by atoms with van der Waals surface area (Å²) in [5.74, 6) is -0.824. The van der Waals surface area contributed by atoms with Gasteiger partial charge in [0.15, 0.2) is 0 Å². The minimum absolute atomic E-state index is 0.0992. The Morgan fingerprint density at radius 1 is 1.62 bits per heavy atom. The Kier molecular flexibility index (Phi) is 2.36. The number of carbonyl (C=O) groups excluding carboxylic acids is 1. The molecular formula is C8H10N2O3. The minimum atomic E-state index is -0.428. The maximum Gasteiger partial charge on any atom is 0.256 e. The number of H-pyrrole nitrogens is 1. The first-order valence-corrected chi connectivity index (χ1v) is 3.71. The summed E-state index contributed by atoms with van der Waals surface area (Å²) in [6.45, 7) is 1.58. The van der Waals surface area contributed by atoms with E-state index in [1.54, 1.807) is 6.92 Å². The molecule has 0 spiro atoms. The quantitative estimate of drug-likeness (QED) is 0.560. The Morgan fingerprint density at radius 2 is 2.23 bits per heavy atom. The lowest BCUT2D eigenvalue weighted by Crippen LogP contribution is -2.21. The normalized spacial score (nSPS) is 9.69. The van der Waals surface area contributed by atoms with Crippen LogP contribution in [-0.4, -0.2) is 23.0 Å². The van der Waals surface area contributed by atoms with Crippen LogP contribution in [0.4, 0.5) is 0 Å². The fourth-order valence-electron chi connectivity index (χ4n) is 1.08. The average Bonchev–Trinajstić information content (AvgIpc) is 2.02. The predicted molar refractivity (Wildman–Crippen MR) is 46.9 cm³/mol. The molecule has 1 heterocycles. The van der Waals surface area contributed by atoms with Crippen LogP contribution in [0.15, 0.2) is 10.9 Å². The molecule has 0 bridgehead atoms. The van der Waals surface area contributed by atoms with E-state index in [9.17, 15) is 14.7 Å². The van der Waals surface area contributed by atoms with E-state index in [0.29, 0.717) is 5.56 Å². The SMILES string of the molecule is CNC(=O)c1c(C)cc(=O)[nH]c1O. The molecule has 0 atom stereocenters. The van der Waals surface area contributed by atoms with E-state index < -0.39 is 17.3 Å². The maximum atomic E-state index is 11.2. The van der Waals surface area contributed by atoms with Gasteiger partial charge in [0.2, 0.25) is 5.88 Å². The van der Waals surface area contributed by atoms with Crippen LogP contribution in [0.1, 0.15) is 15.9 Å². The topological polar surface area (TPSA) is 82.2 Å². The van der Waals surface area contributed by atoms with Crippen LogP contribution in [0.25, 0.3) is 0 Å². The number of aromatic hydroxyl groups is 1. The molecule has 1 amide bonds. The Morgan fingerprint density at radius 3 is 2.69 bits per heavy atom. The van der Waals surface area contributed by atoms with Gasteiger partial charge in [-0.1, -0.05) is 0 Å². The highest BCUT2D eigenvalue weighted by Crippen LogP contribution is 2.14. The third kappa shape index (κ3) is 1.69. The fraction of sp³-hybridized carbons (Fsp3) is 0.250. The number of carbonyl (C=O) groups is 1. The number of aromatic nitrogens is 1. The molecular weight excluding hydrogens is 172 g/mol. The summed E-state index contributed by atoms with van der Waals surface area (Å²) < 4.78 is 0. The van der Waals surface area contributed by atoms with Crippen LogP contribution in [0.2, 0.25) is 0 Å². The van der Waals surface area contributed by atoms with Gasteiger partial charge in [0.1, 0.15) is 5.56 Å². The molecule has 0 saturated heterocycles. The first-order chi connectivity index (χ1) is 6.06.